The van der Waals surface area contributed by atoms with Crippen LogP contribution in [0.1, 0.15) is 24.5 Å². The fourth-order valence-electron chi connectivity index (χ4n) is 4.32. The minimum absolute atomic E-state index is 0. The van der Waals surface area contributed by atoms with E-state index >= 15 is 0 Å². The molecule has 0 saturated carbocycles. The predicted molar refractivity (Wildman–Crippen MR) is 87.9 cm³/mol. The van der Waals surface area contributed by atoms with Crippen molar-refractivity contribution in [3.05, 3.63) is 48.7 Å². The summed E-state index contributed by atoms with van der Waals surface area (Å²) in [6, 6.07) is 6.80. The molecule has 3 aliphatic heterocycles. The fourth-order valence-corrected chi connectivity index (χ4v) is 4.32. The van der Waals surface area contributed by atoms with Gasteiger partial charge in [0.25, 0.3) is 0 Å². The van der Waals surface area contributed by atoms with Crippen LogP contribution in [0.5, 0.6) is 5.75 Å². The number of fused-ring (bicyclic) bond motifs is 4. The average Bonchev–Trinajstić information content (AvgIpc) is 2.60. The van der Waals surface area contributed by atoms with Gasteiger partial charge in [0.15, 0.2) is 0 Å². The zero-order valence-electron chi connectivity index (χ0n) is 14.1. The van der Waals surface area contributed by atoms with Gasteiger partial charge in [0.1, 0.15) is 0 Å². The maximum absolute atomic E-state index is 11.7. The van der Waals surface area contributed by atoms with Crippen LogP contribution < -0.4 is 34.7 Å². The number of aromatic nitrogens is 1. The second kappa shape index (κ2) is 7.14. The van der Waals surface area contributed by atoms with Crippen LogP contribution in [0.2, 0.25) is 0 Å². The molecule has 1 N–H and O–H groups in total. The minimum Gasteiger partial charge on any atom is -0.872 e. The molecule has 5 rings (SSSR count). The summed E-state index contributed by atoms with van der Waals surface area (Å²) in [5.74, 6) is 1.10. The van der Waals surface area contributed by atoms with Crippen molar-refractivity contribution in [1.29, 1.82) is 0 Å². The second-order valence-electron chi connectivity index (χ2n) is 6.77. The van der Waals surface area contributed by atoms with Gasteiger partial charge in [-0.3, -0.25) is 9.88 Å². The normalized spacial score (nSPS) is 29.9. The molecule has 3 aliphatic rings. The third-order valence-electron chi connectivity index (χ3n) is 5.58. The van der Waals surface area contributed by atoms with E-state index in [-0.39, 0.29) is 41.3 Å². The van der Waals surface area contributed by atoms with E-state index in [0.29, 0.717) is 11.8 Å². The number of nitrogens with zero attached hydrogens (tertiary/aromatic N) is 2. The third-order valence-corrected chi connectivity index (χ3v) is 5.58. The zero-order chi connectivity index (χ0) is 16.0. The minimum atomic E-state index is -0.587. The van der Waals surface area contributed by atoms with Crippen molar-refractivity contribution >= 4 is 10.9 Å². The molecule has 24 heavy (non-hydrogen) atoms. The van der Waals surface area contributed by atoms with Crippen molar-refractivity contribution in [1.82, 2.24) is 9.88 Å². The van der Waals surface area contributed by atoms with Crippen LogP contribution in [0.3, 0.4) is 0 Å². The summed E-state index contributed by atoms with van der Waals surface area (Å²) in [6.07, 6.45) is 5.36. The average molecular weight is 332 g/mol. The van der Waals surface area contributed by atoms with Gasteiger partial charge < -0.3 is 10.2 Å². The summed E-state index contributed by atoms with van der Waals surface area (Å²) in [4.78, 5) is 6.69. The number of hydrogen-bond donors (Lipinski definition) is 1. The summed E-state index contributed by atoms with van der Waals surface area (Å²) >= 11 is 0. The molecule has 0 aliphatic carbocycles. The van der Waals surface area contributed by atoms with Gasteiger partial charge in [0.2, 0.25) is 0 Å². The topological polar surface area (TPSA) is 59.4 Å². The van der Waals surface area contributed by atoms with E-state index in [1.54, 1.807) is 18.3 Å². The van der Waals surface area contributed by atoms with E-state index < -0.39 is 6.10 Å². The summed E-state index contributed by atoms with van der Waals surface area (Å²) in [6.45, 7) is 5.96. The van der Waals surface area contributed by atoms with Gasteiger partial charge in [-0.1, -0.05) is 18.2 Å². The van der Waals surface area contributed by atoms with Gasteiger partial charge in [0.05, 0.1) is 11.6 Å². The summed E-state index contributed by atoms with van der Waals surface area (Å²) in [5, 5.41) is 23.5. The molecule has 5 heteroatoms. The van der Waals surface area contributed by atoms with Crippen LogP contribution in [-0.2, 0) is 0 Å². The largest absolute Gasteiger partial charge is 1.00 e. The number of aliphatic hydroxyl groups excluding tert-OH is 1. The van der Waals surface area contributed by atoms with Crippen molar-refractivity contribution in [3.63, 3.8) is 0 Å². The number of aliphatic hydroxyl groups is 1. The molecule has 5 atom stereocenters. The van der Waals surface area contributed by atoms with Crippen LogP contribution in [0, 0.1) is 11.8 Å². The second-order valence-corrected chi connectivity index (χ2v) is 6.77. The van der Waals surface area contributed by atoms with E-state index in [9.17, 15) is 10.2 Å². The Kier molecular flexibility index (Phi) is 5.33. The van der Waals surface area contributed by atoms with E-state index in [2.05, 4.69) is 22.5 Å². The van der Waals surface area contributed by atoms with Gasteiger partial charge >= 0.3 is 29.6 Å². The Labute approximate surface area is 164 Å². The maximum atomic E-state index is 11.7. The van der Waals surface area contributed by atoms with Gasteiger partial charge in [-0.2, -0.15) is 0 Å². The SMILES string of the molecule is C=CC1CN2CCC1CC2[C@H](O)c1ccnc2ccc([O-])cc12.[Na+]. The van der Waals surface area contributed by atoms with Gasteiger partial charge in [-0.05, 0) is 48.9 Å². The Hall–Kier alpha value is -0.910. The van der Waals surface area contributed by atoms with Crippen LogP contribution in [0.15, 0.2) is 43.1 Å². The molecule has 120 valence electrons. The first-order valence-corrected chi connectivity index (χ1v) is 8.27. The summed E-state index contributed by atoms with van der Waals surface area (Å²) in [5.41, 5.74) is 1.58. The molecule has 0 amide bonds. The van der Waals surface area contributed by atoms with Crippen molar-refractivity contribution < 1.29 is 39.8 Å². The molecular weight excluding hydrogens is 311 g/mol. The number of benzene rings is 1. The molecule has 3 fully saturated rings. The zero-order valence-corrected chi connectivity index (χ0v) is 16.1. The maximum Gasteiger partial charge on any atom is 1.00 e. The molecule has 2 bridgehead atoms. The molecule has 2 aromatic rings. The van der Waals surface area contributed by atoms with Crippen LogP contribution in [0.25, 0.3) is 10.9 Å². The summed E-state index contributed by atoms with van der Waals surface area (Å²) < 4.78 is 0. The molecule has 3 saturated heterocycles. The van der Waals surface area contributed by atoms with E-state index in [1.165, 1.54) is 12.5 Å². The van der Waals surface area contributed by atoms with E-state index in [0.717, 1.165) is 36.0 Å². The quantitative estimate of drug-likeness (QED) is 0.593. The van der Waals surface area contributed by atoms with E-state index in [1.807, 2.05) is 6.07 Å². The van der Waals surface area contributed by atoms with Crippen molar-refractivity contribution in [3.8, 4) is 5.75 Å². The third kappa shape index (κ3) is 3.02. The van der Waals surface area contributed by atoms with Gasteiger partial charge in [0, 0.05) is 24.2 Å². The molecule has 4 heterocycles. The smallest absolute Gasteiger partial charge is 0.872 e. The van der Waals surface area contributed by atoms with Crippen LogP contribution >= 0.6 is 0 Å². The summed E-state index contributed by atoms with van der Waals surface area (Å²) in [7, 11) is 0. The number of pyridine rings is 1. The van der Waals surface area contributed by atoms with Crippen LogP contribution in [0.4, 0.5) is 0 Å². The first kappa shape index (κ1) is 17.9. The molecular formula is C19H21N2NaO2. The Morgan fingerprint density at radius 3 is 2.92 bits per heavy atom. The monoisotopic (exact) mass is 332 g/mol. The number of piperidine rings is 3. The Morgan fingerprint density at radius 2 is 2.21 bits per heavy atom. The standard InChI is InChI=1S/C19H22N2O2.Na/c1-2-12-11-21-8-6-13(12)9-18(21)19(23)15-5-7-20-17-4-3-14(22)10-16(15)17;/h2-5,7,10,12-13,18-19,22-23H,1,6,8-9,11H2;/q;+1/p-1/t12?,13?,18?,19-;/m1./s1. The van der Waals surface area contributed by atoms with E-state index in [4.69, 9.17) is 0 Å². The first-order chi connectivity index (χ1) is 11.2. The fraction of sp³-hybridized carbons (Fsp3) is 0.421. The number of hydrogen-bond acceptors (Lipinski definition) is 4. The molecule has 4 unspecified atom stereocenters. The molecule has 1 aromatic heterocycles. The Bertz CT molecular complexity index is 751. The number of rotatable bonds is 3. The molecule has 1 aromatic carbocycles. The van der Waals surface area contributed by atoms with Crippen molar-refractivity contribution in [2.24, 2.45) is 11.8 Å². The van der Waals surface area contributed by atoms with Gasteiger partial charge in [-0.15, -0.1) is 12.3 Å². The molecule has 0 radical (unpaired) electrons. The predicted octanol–water partition coefficient (Wildman–Crippen LogP) is -0.758. The van der Waals surface area contributed by atoms with Crippen LogP contribution in [-0.4, -0.2) is 34.1 Å². The molecule has 4 nitrogen and oxygen atoms in total. The molecule has 0 spiro atoms. The van der Waals surface area contributed by atoms with Gasteiger partial charge in [-0.25, -0.2) is 0 Å². The Morgan fingerprint density at radius 1 is 1.38 bits per heavy atom. The van der Waals surface area contributed by atoms with Crippen molar-refractivity contribution in [2.75, 3.05) is 13.1 Å². The van der Waals surface area contributed by atoms with Crippen molar-refractivity contribution in [2.45, 2.75) is 25.0 Å². The first-order valence-electron chi connectivity index (χ1n) is 8.27. The Balaban J connectivity index is 0.00000169.